The van der Waals surface area contributed by atoms with E-state index in [9.17, 15) is 9.59 Å². The second-order valence-corrected chi connectivity index (χ2v) is 8.81. The lowest BCUT2D eigenvalue weighted by molar-refractivity contribution is -0.130. The van der Waals surface area contributed by atoms with Gasteiger partial charge in [0, 0.05) is 42.4 Å². The van der Waals surface area contributed by atoms with E-state index in [0.29, 0.717) is 22.6 Å². The average Bonchev–Trinajstić information content (AvgIpc) is 3.40. The number of piperidine rings is 1. The van der Waals surface area contributed by atoms with E-state index in [1.54, 1.807) is 27.0 Å². The number of fused-ring (bicyclic) bond motifs is 1. The second-order valence-electron chi connectivity index (χ2n) is 8.81. The molecule has 10 heteroatoms. The van der Waals surface area contributed by atoms with Crippen LogP contribution in [0.25, 0.3) is 22.3 Å². The van der Waals surface area contributed by atoms with Crippen molar-refractivity contribution in [3.63, 3.8) is 0 Å². The van der Waals surface area contributed by atoms with E-state index in [4.69, 9.17) is 11.1 Å². The van der Waals surface area contributed by atoms with E-state index >= 15 is 0 Å². The fraction of sp³-hybridized carbons (Fsp3) is 0.375. The summed E-state index contributed by atoms with van der Waals surface area (Å²) in [4.78, 5) is 33.6. The molecule has 1 saturated heterocycles. The maximum atomic E-state index is 12.4. The molecular formula is C24H30N8O2. The molecule has 0 saturated carbocycles. The number of pyridine rings is 1. The number of nitrogens with one attached hydrogen (secondary N) is 3. The van der Waals surface area contributed by atoms with E-state index in [2.05, 4.69) is 25.1 Å². The summed E-state index contributed by atoms with van der Waals surface area (Å²) in [5.41, 5.74) is 10.5. The van der Waals surface area contributed by atoms with Gasteiger partial charge in [-0.05, 0) is 51.3 Å². The van der Waals surface area contributed by atoms with Crippen LogP contribution in [-0.4, -0.2) is 55.3 Å². The summed E-state index contributed by atoms with van der Waals surface area (Å²) < 4.78 is 2.05. The van der Waals surface area contributed by atoms with Crippen molar-refractivity contribution in [3.05, 3.63) is 41.5 Å². The van der Waals surface area contributed by atoms with Gasteiger partial charge in [0.05, 0.1) is 29.8 Å². The fourth-order valence-electron chi connectivity index (χ4n) is 4.27. The summed E-state index contributed by atoms with van der Waals surface area (Å²) in [5, 5.41) is 16.2. The molecule has 3 aromatic rings. The molecule has 0 aliphatic carbocycles. The second kappa shape index (κ2) is 9.12. The van der Waals surface area contributed by atoms with Crippen LogP contribution in [0, 0.1) is 12.3 Å². The van der Waals surface area contributed by atoms with Gasteiger partial charge in [-0.15, -0.1) is 0 Å². The van der Waals surface area contributed by atoms with Crippen LogP contribution in [0.4, 0.5) is 5.69 Å². The third kappa shape index (κ3) is 4.43. The van der Waals surface area contributed by atoms with Gasteiger partial charge in [-0.1, -0.05) is 0 Å². The number of hydrogen-bond acceptors (Lipinski definition) is 6. The number of amides is 2. The van der Waals surface area contributed by atoms with E-state index in [1.807, 2.05) is 30.2 Å². The Morgan fingerprint density at radius 3 is 2.53 bits per heavy atom. The van der Waals surface area contributed by atoms with Crippen molar-refractivity contribution in [2.45, 2.75) is 46.6 Å². The number of carbonyl (C=O) groups excluding carboxylic acids is 2. The first-order chi connectivity index (χ1) is 16.2. The summed E-state index contributed by atoms with van der Waals surface area (Å²) in [6.45, 7) is 8.46. The highest BCUT2D eigenvalue weighted by Gasteiger charge is 2.24. The van der Waals surface area contributed by atoms with Crippen molar-refractivity contribution in [1.29, 1.82) is 5.41 Å². The molecule has 10 nitrogen and oxygen atoms in total. The van der Waals surface area contributed by atoms with Crippen molar-refractivity contribution in [2.75, 3.05) is 18.4 Å². The van der Waals surface area contributed by atoms with E-state index in [-0.39, 0.29) is 17.7 Å². The van der Waals surface area contributed by atoms with Gasteiger partial charge in [-0.2, -0.15) is 5.10 Å². The molecule has 178 valence electrons. The van der Waals surface area contributed by atoms with Gasteiger partial charge in [-0.3, -0.25) is 19.7 Å². The van der Waals surface area contributed by atoms with Crippen LogP contribution in [0.5, 0.6) is 0 Å². The first kappa shape index (κ1) is 23.2. The lowest BCUT2D eigenvalue weighted by Crippen LogP contribution is -2.38. The number of nitrogens with zero attached hydrogens (tertiary/aromatic N) is 4. The molecule has 0 radical (unpaired) electrons. The Balaban J connectivity index is 1.53. The molecule has 34 heavy (non-hydrogen) atoms. The smallest absolute Gasteiger partial charge is 0.273 e. The maximum Gasteiger partial charge on any atom is 0.273 e. The Morgan fingerprint density at radius 2 is 1.88 bits per heavy atom. The quantitative estimate of drug-likeness (QED) is 0.430. The summed E-state index contributed by atoms with van der Waals surface area (Å²) in [6.07, 6.45) is 5.17. The molecule has 3 aromatic heterocycles. The largest absolute Gasteiger partial charge is 0.402 e. The van der Waals surface area contributed by atoms with Crippen molar-refractivity contribution in [3.8, 4) is 11.3 Å². The summed E-state index contributed by atoms with van der Waals surface area (Å²) in [7, 11) is 0. The standard InChI is InChI=1S/C24H30N8O2/c1-13(14(2)25)22(26)24(34)29-18-9-17-10-21(30-23(17)27-11-18)20-12-28-32(15(20)3)19-5-7-31(8-6-19)16(4)33/h9-12,19,26H,5-8,25H2,1-4H3,(H,27,30)(H,29,34)/b14-13-,26-22?. The summed E-state index contributed by atoms with van der Waals surface area (Å²) >= 11 is 0. The minimum Gasteiger partial charge on any atom is -0.402 e. The minimum absolute atomic E-state index is 0.121. The van der Waals surface area contributed by atoms with E-state index in [0.717, 1.165) is 48.3 Å². The SMILES string of the molecule is CC(=O)N1CCC(n2ncc(-c3cc4cc(NC(=O)C(=N)/C(C)=C(/C)N)cnc4[nH]3)c2C)CC1. The average molecular weight is 463 g/mol. The number of anilines is 1. The van der Waals surface area contributed by atoms with Crippen molar-refractivity contribution < 1.29 is 9.59 Å². The Morgan fingerprint density at radius 1 is 1.18 bits per heavy atom. The highest BCUT2D eigenvalue weighted by atomic mass is 16.2. The molecule has 0 aromatic carbocycles. The number of H-pyrrole nitrogens is 1. The Hall–Kier alpha value is -3.95. The number of hydrogen-bond donors (Lipinski definition) is 4. The Bertz CT molecular complexity index is 1300. The Labute approximate surface area is 197 Å². The number of allylic oxidation sites excluding steroid dienone is 1. The number of rotatable bonds is 5. The molecule has 0 spiro atoms. The van der Waals surface area contributed by atoms with Crippen LogP contribution in [0.15, 0.2) is 35.8 Å². The lowest BCUT2D eigenvalue weighted by atomic mass is 10.0. The first-order valence-electron chi connectivity index (χ1n) is 11.3. The molecular weight excluding hydrogens is 432 g/mol. The van der Waals surface area contributed by atoms with Crippen LogP contribution in [0.3, 0.4) is 0 Å². The van der Waals surface area contributed by atoms with Crippen LogP contribution >= 0.6 is 0 Å². The number of aromatic nitrogens is 4. The van der Waals surface area contributed by atoms with Crippen LogP contribution < -0.4 is 11.1 Å². The molecule has 0 unspecified atom stereocenters. The van der Waals surface area contributed by atoms with Gasteiger partial charge in [0.25, 0.3) is 5.91 Å². The predicted octanol–water partition coefficient (Wildman–Crippen LogP) is 3.13. The monoisotopic (exact) mass is 462 g/mol. The number of carbonyl (C=O) groups is 2. The minimum atomic E-state index is -0.535. The van der Waals surface area contributed by atoms with Gasteiger partial charge >= 0.3 is 0 Å². The topological polar surface area (TPSA) is 146 Å². The van der Waals surface area contributed by atoms with Crippen molar-refractivity contribution in [2.24, 2.45) is 5.73 Å². The third-order valence-corrected chi connectivity index (χ3v) is 6.51. The van der Waals surface area contributed by atoms with Crippen LogP contribution in [0.1, 0.15) is 45.3 Å². The van der Waals surface area contributed by atoms with Crippen molar-refractivity contribution >= 4 is 34.2 Å². The molecule has 1 aliphatic rings. The zero-order valence-corrected chi connectivity index (χ0v) is 19.9. The predicted molar refractivity (Wildman–Crippen MR) is 131 cm³/mol. The van der Waals surface area contributed by atoms with E-state index < -0.39 is 5.91 Å². The van der Waals surface area contributed by atoms with Crippen molar-refractivity contribution in [1.82, 2.24) is 24.6 Å². The van der Waals surface area contributed by atoms with Crippen LogP contribution in [-0.2, 0) is 9.59 Å². The molecule has 4 heterocycles. The highest BCUT2D eigenvalue weighted by molar-refractivity contribution is 6.47. The Kier molecular flexibility index (Phi) is 6.23. The van der Waals surface area contributed by atoms with Gasteiger partial charge in [-0.25, -0.2) is 4.98 Å². The van der Waals surface area contributed by atoms with Gasteiger partial charge in [0.2, 0.25) is 5.91 Å². The molecule has 2 amide bonds. The third-order valence-electron chi connectivity index (χ3n) is 6.51. The molecule has 1 fully saturated rings. The number of aromatic amines is 1. The maximum absolute atomic E-state index is 12.4. The first-order valence-corrected chi connectivity index (χ1v) is 11.3. The number of likely N-dealkylation sites (tertiary alicyclic amines) is 1. The summed E-state index contributed by atoms with van der Waals surface area (Å²) in [6, 6.07) is 4.06. The fourth-order valence-corrected chi connectivity index (χ4v) is 4.27. The molecule has 1 aliphatic heterocycles. The van der Waals surface area contributed by atoms with E-state index in [1.165, 1.54) is 0 Å². The zero-order valence-electron chi connectivity index (χ0n) is 19.9. The summed E-state index contributed by atoms with van der Waals surface area (Å²) in [5.74, 6) is -0.414. The van der Waals surface area contributed by atoms with Gasteiger partial charge in [0.1, 0.15) is 11.4 Å². The molecule has 5 N–H and O–H groups in total. The molecule has 0 bridgehead atoms. The molecule has 4 rings (SSSR count). The van der Waals surface area contributed by atoms with Gasteiger partial charge in [0.15, 0.2) is 0 Å². The number of nitrogens with two attached hydrogens (primary N) is 1. The lowest BCUT2D eigenvalue weighted by Gasteiger charge is -2.32. The normalized spacial score (nSPS) is 15.4. The van der Waals surface area contributed by atoms with Crippen LogP contribution in [0.2, 0.25) is 0 Å². The zero-order chi connectivity index (χ0) is 24.6. The highest BCUT2D eigenvalue weighted by Crippen LogP contribution is 2.31. The van der Waals surface area contributed by atoms with Gasteiger partial charge < -0.3 is 20.9 Å². The molecule has 0 atom stereocenters.